The summed E-state index contributed by atoms with van der Waals surface area (Å²) in [6.07, 6.45) is 0. The van der Waals surface area contributed by atoms with Gasteiger partial charge in [0.25, 0.3) is 0 Å². The Labute approximate surface area is 171 Å². The number of allylic oxidation sites excluding steroid dienone is 1. The second kappa shape index (κ2) is 6.79. The number of benzene rings is 2. The fourth-order valence-corrected chi connectivity index (χ4v) is 4.61. The van der Waals surface area contributed by atoms with Crippen LogP contribution in [0.15, 0.2) is 65.7 Å². The van der Waals surface area contributed by atoms with Crippen molar-refractivity contribution in [1.29, 1.82) is 0 Å². The van der Waals surface area contributed by atoms with Crippen LogP contribution in [0.25, 0.3) is 27.7 Å². The molecule has 29 heavy (non-hydrogen) atoms. The first-order valence-electron chi connectivity index (χ1n) is 9.26. The average molecular weight is 401 g/mol. The van der Waals surface area contributed by atoms with Gasteiger partial charge in [0.15, 0.2) is 0 Å². The number of hydrogen-bond donors (Lipinski definition) is 4. The van der Waals surface area contributed by atoms with E-state index in [9.17, 15) is 4.79 Å². The average Bonchev–Trinajstić information content (AvgIpc) is 3.35. The van der Waals surface area contributed by atoms with Crippen LogP contribution in [0.3, 0.4) is 0 Å². The molecule has 0 bridgehead atoms. The summed E-state index contributed by atoms with van der Waals surface area (Å²) in [7, 11) is 0. The van der Waals surface area contributed by atoms with E-state index in [1.807, 2.05) is 54.8 Å². The zero-order valence-electron chi connectivity index (χ0n) is 15.7. The molecule has 7 heteroatoms. The first kappa shape index (κ1) is 17.5. The molecule has 1 aliphatic rings. The normalized spacial score (nSPS) is 16.7. The number of carbonyl (C=O) groups is 1. The predicted molar refractivity (Wildman–Crippen MR) is 117 cm³/mol. The number of anilines is 1. The van der Waals surface area contributed by atoms with Crippen molar-refractivity contribution in [2.24, 2.45) is 0 Å². The second-order valence-corrected chi connectivity index (χ2v) is 7.90. The number of nitrogen functional groups attached to an aromatic ring is 1. The van der Waals surface area contributed by atoms with Gasteiger partial charge in [-0.05, 0) is 36.6 Å². The zero-order chi connectivity index (χ0) is 20.0. The van der Waals surface area contributed by atoms with Crippen LogP contribution in [0.5, 0.6) is 0 Å². The van der Waals surface area contributed by atoms with Crippen molar-refractivity contribution in [3.8, 4) is 11.3 Å². The number of nitrogens with two attached hydrogens (primary N) is 1. The van der Waals surface area contributed by atoms with Crippen LogP contribution in [0.2, 0.25) is 0 Å². The summed E-state index contributed by atoms with van der Waals surface area (Å²) in [6.45, 7) is 1.91. The quantitative estimate of drug-likeness (QED) is 0.376. The summed E-state index contributed by atoms with van der Waals surface area (Å²) < 4.78 is 0. The number of H-pyrrole nitrogens is 1. The van der Waals surface area contributed by atoms with Crippen molar-refractivity contribution in [3.05, 3.63) is 76.4 Å². The largest absolute Gasteiger partial charge is 0.399 e. The minimum Gasteiger partial charge on any atom is -0.399 e. The van der Waals surface area contributed by atoms with Gasteiger partial charge in [-0.15, -0.1) is 11.3 Å². The van der Waals surface area contributed by atoms with Gasteiger partial charge in [-0.2, -0.15) is 0 Å². The SMILES string of the molecule is CC1=C(c2nc(-c3ccc(N)cc3)cs2)C(c2cc3ccccc3[nH]2)NC(=O)N1. The number of aromatic amines is 1. The fourth-order valence-electron chi connectivity index (χ4n) is 3.65. The van der Waals surface area contributed by atoms with Gasteiger partial charge in [-0.1, -0.05) is 30.3 Å². The predicted octanol–water partition coefficient (Wildman–Crippen LogP) is 4.66. The lowest BCUT2D eigenvalue weighted by atomic mass is 10.0. The summed E-state index contributed by atoms with van der Waals surface area (Å²) >= 11 is 1.56. The fraction of sp³-hybridized carbons (Fsp3) is 0.0909. The third-order valence-electron chi connectivity index (χ3n) is 5.07. The standard InChI is InChI=1S/C22H19N5OS/c1-12-19(21-26-18(11-29-21)13-6-8-15(23)9-7-13)20(27-22(28)24-12)17-10-14-4-2-3-5-16(14)25-17/h2-11,20,25H,23H2,1H3,(H2,24,27,28). The highest BCUT2D eigenvalue weighted by molar-refractivity contribution is 7.11. The Morgan fingerprint density at radius 2 is 1.90 bits per heavy atom. The molecule has 2 aromatic heterocycles. The smallest absolute Gasteiger partial charge is 0.319 e. The van der Waals surface area contributed by atoms with E-state index in [2.05, 4.69) is 27.8 Å². The minimum atomic E-state index is -0.304. The second-order valence-electron chi connectivity index (χ2n) is 7.04. The highest BCUT2D eigenvalue weighted by atomic mass is 32.1. The number of rotatable bonds is 3. The number of carbonyl (C=O) groups excluding carboxylic acids is 1. The maximum Gasteiger partial charge on any atom is 0.319 e. The first-order valence-corrected chi connectivity index (χ1v) is 10.1. The van der Waals surface area contributed by atoms with Gasteiger partial charge in [0.05, 0.1) is 5.69 Å². The Hall–Kier alpha value is -3.58. The maximum absolute atomic E-state index is 12.2. The highest BCUT2D eigenvalue weighted by Gasteiger charge is 2.30. The molecule has 1 aliphatic heterocycles. The summed E-state index contributed by atoms with van der Waals surface area (Å²) in [5.41, 5.74) is 12.1. The number of nitrogens with zero attached hydrogens (tertiary/aromatic N) is 1. The zero-order valence-corrected chi connectivity index (χ0v) is 16.5. The Balaban J connectivity index is 1.58. The van der Waals surface area contributed by atoms with Gasteiger partial charge in [0.1, 0.15) is 11.0 Å². The van der Waals surface area contributed by atoms with Crippen LogP contribution in [-0.4, -0.2) is 16.0 Å². The summed E-state index contributed by atoms with van der Waals surface area (Å²) in [5, 5.41) is 9.92. The molecule has 1 atom stereocenters. The van der Waals surface area contributed by atoms with Crippen LogP contribution in [-0.2, 0) is 0 Å². The Morgan fingerprint density at radius 1 is 1.10 bits per heavy atom. The number of thiazole rings is 1. The van der Waals surface area contributed by atoms with E-state index in [-0.39, 0.29) is 12.1 Å². The van der Waals surface area contributed by atoms with Gasteiger partial charge < -0.3 is 21.4 Å². The molecule has 0 aliphatic carbocycles. The molecule has 2 amide bonds. The van der Waals surface area contributed by atoms with Crippen molar-refractivity contribution < 1.29 is 4.79 Å². The highest BCUT2D eigenvalue weighted by Crippen LogP contribution is 2.37. The van der Waals surface area contributed by atoms with E-state index >= 15 is 0 Å². The van der Waals surface area contributed by atoms with Crippen molar-refractivity contribution in [2.75, 3.05) is 5.73 Å². The van der Waals surface area contributed by atoms with E-state index in [0.29, 0.717) is 0 Å². The molecule has 144 valence electrons. The molecule has 6 nitrogen and oxygen atoms in total. The number of para-hydroxylation sites is 1. The molecule has 1 unspecified atom stereocenters. The third kappa shape index (κ3) is 3.15. The number of amides is 2. The number of fused-ring (bicyclic) bond motifs is 1. The third-order valence-corrected chi connectivity index (χ3v) is 5.95. The summed E-state index contributed by atoms with van der Waals surface area (Å²) in [5.74, 6) is 0. The monoisotopic (exact) mass is 401 g/mol. The van der Waals surface area contributed by atoms with Gasteiger partial charge in [0.2, 0.25) is 0 Å². The van der Waals surface area contributed by atoms with Crippen LogP contribution >= 0.6 is 11.3 Å². The number of urea groups is 1. The van der Waals surface area contributed by atoms with Crippen LogP contribution in [0.4, 0.5) is 10.5 Å². The van der Waals surface area contributed by atoms with Crippen molar-refractivity contribution in [2.45, 2.75) is 13.0 Å². The van der Waals surface area contributed by atoms with E-state index < -0.39 is 0 Å². The van der Waals surface area contributed by atoms with Crippen molar-refractivity contribution >= 4 is 39.5 Å². The molecular weight excluding hydrogens is 382 g/mol. The molecule has 0 saturated carbocycles. The molecule has 5 rings (SSSR count). The van der Waals surface area contributed by atoms with Crippen molar-refractivity contribution in [1.82, 2.24) is 20.6 Å². The Morgan fingerprint density at radius 3 is 2.69 bits per heavy atom. The molecule has 2 aromatic carbocycles. The van der Waals surface area contributed by atoms with Gasteiger partial charge in [-0.25, -0.2) is 9.78 Å². The molecule has 4 aromatic rings. The van der Waals surface area contributed by atoms with E-state index in [4.69, 9.17) is 10.7 Å². The van der Waals surface area contributed by atoms with Gasteiger partial charge >= 0.3 is 6.03 Å². The summed E-state index contributed by atoms with van der Waals surface area (Å²) in [4.78, 5) is 20.5. The Kier molecular flexibility index (Phi) is 4.10. The number of aromatic nitrogens is 2. The minimum absolute atomic E-state index is 0.217. The van der Waals surface area contributed by atoms with Crippen LogP contribution in [0.1, 0.15) is 23.7 Å². The Bertz CT molecular complexity index is 1220. The van der Waals surface area contributed by atoms with Crippen molar-refractivity contribution in [3.63, 3.8) is 0 Å². The first-order chi connectivity index (χ1) is 14.1. The van der Waals surface area contributed by atoms with Crippen LogP contribution < -0.4 is 16.4 Å². The van der Waals surface area contributed by atoms with Gasteiger partial charge in [0, 0.05) is 39.1 Å². The van der Waals surface area contributed by atoms with E-state index in [1.165, 1.54) is 0 Å². The number of nitrogens with one attached hydrogen (secondary N) is 3. The summed E-state index contributed by atoms with van der Waals surface area (Å²) in [6, 6.07) is 17.3. The van der Waals surface area contributed by atoms with Gasteiger partial charge in [-0.3, -0.25) is 0 Å². The van der Waals surface area contributed by atoms with E-state index in [1.54, 1.807) is 11.3 Å². The number of hydrogen-bond acceptors (Lipinski definition) is 4. The molecule has 0 spiro atoms. The molecule has 0 radical (unpaired) electrons. The lowest BCUT2D eigenvalue weighted by Crippen LogP contribution is -2.43. The molecule has 0 saturated heterocycles. The maximum atomic E-state index is 12.2. The molecular formula is C22H19N5OS. The molecule has 3 heterocycles. The lowest BCUT2D eigenvalue weighted by molar-refractivity contribution is 0.240. The molecule has 5 N–H and O–H groups in total. The van der Waals surface area contributed by atoms with E-state index in [0.717, 1.165) is 49.8 Å². The lowest BCUT2D eigenvalue weighted by Gasteiger charge is -2.27. The molecule has 0 fully saturated rings. The topological polar surface area (TPSA) is 95.8 Å². The van der Waals surface area contributed by atoms with Crippen LogP contribution in [0, 0.1) is 0 Å².